The number of nitrogens with zero attached hydrogens (tertiary/aromatic N) is 2. The molecule has 0 aliphatic heterocycles. The second-order valence-corrected chi connectivity index (χ2v) is 8.28. The maximum atomic E-state index is 12.2. The van der Waals surface area contributed by atoms with Gasteiger partial charge in [-0.15, -0.1) is 10.2 Å². The standard InChI is InChI=1S/C23H25N3O5S/c1-14(2)18-10-5-15(3)11-19(18)30-12-21-25-26-23(31-21)32-13-20(27)24-17-8-6-16(7-9-17)22(28)29-4/h5-11,14H,12-13H2,1-4H3,(H,24,27). The summed E-state index contributed by atoms with van der Waals surface area (Å²) in [6, 6.07) is 12.5. The smallest absolute Gasteiger partial charge is 0.337 e. The SMILES string of the molecule is COC(=O)c1ccc(NC(=O)CSc2nnc(COc3cc(C)ccc3C(C)C)o2)cc1. The summed E-state index contributed by atoms with van der Waals surface area (Å²) < 4.78 is 16.1. The molecule has 1 aromatic heterocycles. The average Bonchev–Trinajstić information content (AvgIpc) is 3.24. The van der Waals surface area contributed by atoms with E-state index in [4.69, 9.17) is 9.15 Å². The van der Waals surface area contributed by atoms with Crippen LogP contribution in [0, 0.1) is 6.92 Å². The summed E-state index contributed by atoms with van der Waals surface area (Å²) in [5.74, 6) is 0.883. The normalized spacial score (nSPS) is 10.8. The van der Waals surface area contributed by atoms with Crippen molar-refractivity contribution < 1.29 is 23.5 Å². The number of carbonyl (C=O) groups is 2. The molecule has 0 aliphatic rings. The lowest BCUT2D eigenvalue weighted by atomic mass is 10.0. The second-order valence-electron chi connectivity index (χ2n) is 7.35. The van der Waals surface area contributed by atoms with Crippen LogP contribution < -0.4 is 10.1 Å². The molecule has 3 rings (SSSR count). The van der Waals surface area contributed by atoms with E-state index < -0.39 is 5.97 Å². The van der Waals surface area contributed by atoms with Gasteiger partial charge in [0, 0.05) is 5.69 Å². The Morgan fingerprint density at radius 1 is 1.12 bits per heavy atom. The van der Waals surface area contributed by atoms with Crippen LogP contribution >= 0.6 is 11.8 Å². The quantitative estimate of drug-likeness (QED) is 0.369. The van der Waals surface area contributed by atoms with Crippen molar-refractivity contribution in [2.45, 2.75) is 38.5 Å². The van der Waals surface area contributed by atoms with Crippen LogP contribution in [0.1, 0.15) is 47.1 Å². The minimum absolute atomic E-state index is 0.0939. The van der Waals surface area contributed by atoms with Crippen molar-refractivity contribution in [3.8, 4) is 5.75 Å². The summed E-state index contributed by atoms with van der Waals surface area (Å²) in [5, 5.41) is 11.0. The fourth-order valence-corrected chi connectivity index (χ4v) is 3.45. The summed E-state index contributed by atoms with van der Waals surface area (Å²) >= 11 is 1.13. The van der Waals surface area contributed by atoms with Crippen LogP contribution in [-0.2, 0) is 16.1 Å². The first kappa shape index (κ1) is 23.3. The fourth-order valence-electron chi connectivity index (χ4n) is 2.87. The number of ether oxygens (including phenoxy) is 2. The zero-order valence-electron chi connectivity index (χ0n) is 18.4. The molecule has 0 saturated heterocycles. The monoisotopic (exact) mass is 455 g/mol. The van der Waals surface area contributed by atoms with Gasteiger partial charge in [0.2, 0.25) is 5.91 Å². The Labute approximate surface area is 190 Å². The van der Waals surface area contributed by atoms with Gasteiger partial charge >= 0.3 is 5.97 Å². The number of nitrogens with one attached hydrogen (secondary N) is 1. The molecule has 0 unspecified atom stereocenters. The van der Waals surface area contributed by atoms with Crippen molar-refractivity contribution in [2.24, 2.45) is 0 Å². The Morgan fingerprint density at radius 2 is 1.88 bits per heavy atom. The molecule has 168 valence electrons. The third kappa shape index (κ3) is 6.34. The van der Waals surface area contributed by atoms with Crippen molar-refractivity contribution in [3.05, 3.63) is 65.0 Å². The molecular formula is C23H25N3O5S. The molecule has 0 radical (unpaired) electrons. The molecule has 9 heteroatoms. The minimum atomic E-state index is -0.433. The largest absolute Gasteiger partial charge is 0.484 e. The third-order valence-electron chi connectivity index (χ3n) is 4.51. The fraction of sp³-hybridized carbons (Fsp3) is 0.304. The number of aryl methyl sites for hydroxylation is 1. The maximum Gasteiger partial charge on any atom is 0.337 e. The first-order valence-corrected chi connectivity index (χ1v) is 11.0. The van der Waals surface area contributed by atoms with E-state index >= 15 is 0 Å². The van der Waals surface area contributed by atoms with E-state index in [0.717, 1.165) is 28.6 Å². The summed E-state index contributed by atoms with van der Waals surface area (Å²) in [7, 11) is 1.32. The predicted octanol–water partition coefficient (Wildman–Crippen LogP) is 4.60. The minimum Gasteiger partial charge on any atom is -0.484 e. The van der Waals surface area contributed by atoms with Gasteiger partial charge in [-0.05, 0) is 54.3 Å². The number of amides is 1. The van der Waals surface area contributed by atoms with Gasteiger partial charge in [0.05, 0.1) is 18.4 Å². The van der Waals surface area contributed by atoms with Gasteiger partial charge in [0.15, 0.2) is 6.61 Å². The number of methoxy groups -OCH3 is 1. The van der Waals surface area contributed by atoms with Crippen LogP contribution in [0.25, 0.3) is 0 Å². The molecule has 3 aromatic rings. The van der Waals surface area contributed by atoms with Crippen molar-refractivity contribution in [3.63, 3.8) is 0 Å². The maximum absolute atomic E-state index is 12.2. The molecule has 0 saturated carbocycles. The van der Waals surface area contributed by atoms with E-state index in [-0.39, 0.29) is 23.5 Å². The van der Waals surface area contributed by atoms with Crippen molar-refractivity contribution in [1.29, 1.82) is 0 Å². The highest BCUT2D eigenvalue weighted by atomic mass is 32.2. The number of hydrogen-bond acceptors (Lipinski definition) is 8. The molecule has 1 amide bonds. The van der Waals surface area contributed by atoms with Crippen LogP contribution in [0.4, 0.5) is 5.69 Å². The molecule has 0 bridgehead atoms. The summed E-state index contributed by atoms with van der Waals surface area (Å²) in [6.07, 6.45) is 0. The lowest BCUT2D eigenvalue weighted by Gasteiger charge is -2.13. The summed E-state index contributed by atoms with van der Waals surface area (Å²) in [5.41, 5.74) is 3.20. The zero-order valence-corrected chi connectivity index (χ0v) is 19.2. The number of carbonyl (C=O) groups excluding carboxylic acids is 2. The Morgan fingerprint density at radius 3 is 2.56 bits per heavy atom. The highest BCUT2D eigenvalue weighted by molar-refractivity contribution is 7.99. The van der Waals surface area contributed by atoms with Gasteiger partial charge in [-0.25, -0.2) is 4.79 Å². The number of anilines is 1. The zero-order chi connectivity index (χ0) is 23.1. The Balaban J connectivity index is 1.50. The van der Waals surface area contributed by atoms with Gasteiger partial charge < -0.3 is 19.2 Å². The lowest BCUT2D eigenvalue weighted by molar-refractivity contribution is -0.113. The topological polar surface area (TPSA) is 104 Å². The Hall–Kier alpha value is -3.33. The number of esters is 1. The highest BCUT2D eigenvalue weighted by Crippen LogP contribution is 2.28. The number of benzene rings is 2. The average molecular weight is 456 g/mol. The summed E-state index contributed by atoms with van der Waals surface area (Å²) in [6.45, 7) is 6.38. The molecular weight excluding hydrogens is 430 g/mol. The van der Waals surface area contributed by atoms with Gasteiger partial charge in [-0.1, -0.05) is 37.7 Å². The molecule has 0 aliphatic carbocycles. The van der Waals surface area contributed by atoms with Gasteiger partial charge in [-0.2, -0.15) is 0 Å². The van der Waals surface area contributed by atoms with E-state index in [1.54, 1.807) is 24.3 Å². The first-order valence-electron chi connectivity index (χ1n) is 10.0. The van der Waals surface area contributed by atoms with E-state index in [1.807, 2.05) is 13.0 Å². The van der Waals surface area contributed by atoms with Crippen LogP contribution in [0.15, 0.2) is 52.1 Å². The van der Waals surface area contributed by atoms with Crippen LogP contribution in [0.2, 0.25) is 0 Å². The van der Waals surface area contributed by atoms with Gasteiger partial charge in [0.1, 0.15) is 5.75 Å². The van der Waals surface area contributed by atoms with Crippen molar-refractivity contribution in [2.75, 3.05) is 18.2 Å². The third-order valence-corrected chi connectivity index (χ3v) is 5.33. The van der Waals surface area contributed by atoms with E-state index in [0.29, 0.717) is 23.1 Å². The molecule has 1 heterocycles. The van der Waals surface area contributed by atoms with Crippen LogP contribution in [0.5, 0.6) is 5.75 Å². The van der Waals surface area contributed by atoms with Gasteiger partial charge in [0.25, 0.3) is 11.1 Å². The Kier molecular flexibility index (Phi) is 7.88. The molecule has 8 nitrogen and oxygen atoms in total. The first-order chi connectivity index (χ1) is 15.4. The molecule has 0 spiro atoms. The van der Waals surface area contributed by atoms with Crippen LogP contribution in [-0.4, -0.2) is 34.9 Å². The second kappa shape index (κ2) is 10.8. The van der Waals surface area contributed by atoms with Crippen LogP contribution in [0.3, 0.4) is 0 Å². The van der Waals surface area contributed by atoms with Crippen molar-refractivity contribution >= 4 is 29.3 Å². The number of rotatable bonds is 9. The number of thioether (sulfide) groups is 1. The van der Waals surface area contributed by atoms with E-state index in [2.05, 4.69) is 46.2 Å². The summed E-state index contributed by atoms with van der Waals surface area (Å²) in [4.78, 5) is 23.6. The predicted molar refractivity (Wildman–Crippen MR) is 121 cm³/mol. The lowest BCUT2D eigenvalue weighted by Crippen LogP contribution is -2.14. The molecule has 1 N–H and O–H groups in total. The van der Waals surface area contributed by atoms with Crippen molar-refractivity contribution in [1.82, 2.24) is 10.2 Å². The molecule has 0 fully saturated rings. The number of aromatic nitrogens is 2. The molecule has 32 heavy (non-hydrogen) atoms. The van der Waals surface area contributed by atoms with Gasteiger partial charge in [-0.3, -0.25) is 4.79 Å². The van der Waals surface area contributed by atoms with E-state index in [9.17, 15) is 9.59 Å². The van der Waals surface area contributed by atoms with E-state index in [1.165, 1.54) is 7.11 Å². The molecule has 2 aromatic carbocycles. The Bertz CT molecular complexity index is 1080. The number of hydrogen-bond donors (Lipinski definition) is 1. The highest BCUT2D eigenvalue weighted by Gasteiger charge is 2.13. The molecule has 0 atom stereocenters.